The number of para-hydroxylation sites is 2. The van der Waals surface area contributed by atoms with Crippen molar-refractivity contribution in [2.24, 2.45) is 0 Å². The first-order valence-corrected chi connectivity index (χ1v) is 23.7. The fraction of sp³-hybridized carbons (Fsp3) is 0.476. The van der Waals surface area contributed by atoms with Crippen molar-refractivity contribution >= 4 is 56.2 Å². The summed E-state index contributed by atoms with van der Waals surface area (Å²) in [4.78, 5) is 20.4. The molecule has 8 rings (SSSR count). The van der Waals surface area contributed by atoms with Crippen molar-refractivity contribution in [2.45, 2.75) is 101 Å². The van der Waals surface area contributed by atoms with E-state index < -0.39 is 9.84 Å². The third kappa shape index (κ3) is 9.48. The van der Waals surface area contributed by atoms with Crippen LogP contribution in [0.5, 0.6) is 0 Å². The average molecular weight is 842 g/mol. The maximum absolute atomic E-state index is 12.2. The maximum atomic E-state index is 12.2. The lowest BCUT2D eigenvalue weighted by Gasteiger charge is -2.34. The van der Waals surface area contributed by atoms with E-state index in [0.717, 1.165) is 77.7 Å². The summed E-state index contributed by atoms with van der Waals surface area (Å²) in [6.07, 6.45) is 13.7. The molecule has 59 heavy (non-hydrogen) atoms. The molecule has 0 aliphatic carbocycles. The SMILES string of the molecule is CC(C)c1cnn2c(NCc3ccccc3[N+]3(O)CCCCC3)nc(S(C)(=O)=O)nc12.CSc1nc(NCc2ccccc2N2CCCCC2)n2ncc(C(C)C)c2n1. The van der Waals surface area contributed by atoms with E-state index in [0.29, 0.717) is 43.7 Å². The Hall–Kier alpha value is -4.84. The normalized spacial score (nSPS) is 15.8. The number of anilines is 3. The summed E-state index contributed by atoms with van der Waals surface area (Å²) < 4.78 is 27.7. The highest BCUT2D eigenvalue weighted by molar-refractivity contribution is 7.98. The van der Waals surface area contributed by atoms with Crippen molar-refractivity contribution in [3.8, 4) is 0 Å². The predicted octanol–water partition coefficient (Wildman–Crippen LogP) is 7.72. The molecular weight excluding hydrogens is 785 g/mol. The van der Waals surface area contributed by atoms with Gasteiger partial charge >= 0.3 is 0 Å². The van der Waals surface area contributed by atoms with Crippen LogP contribution < -0.4 is 20.2 Å². The molecule has 2 aliphatic heterocycles. The highest BCUT2D eigenvalue weighted by Gasteiger charge is 2.33. The summed E-state index contributed by atoms with van der Waals surface area (Å²) in [6.45, 7) is 13.1. The molecule has 0 spiro atoms. The molecule has 17 heteroatoms. The minimum Gasteiger partial charge on any atom is -0.371 e. The van der Waals surface area contributed by atoms with Gasteiger partial charge in [-0.3, -0.25) is 0 Å². The van der Waals surface area contributed by atoms with Gasteiger partial charge in [0.15, 0.2) is 22.1 Å². The van der Waals surface area contributed by atoms with Gasteiger partial charge < -0.3 is 15.5 Å². The number of hydrogen-bond acceptors (Lipinski definition) is 13. The van der Waals surface area contributed by atoms with Crippen LogP contribution in [-0.4, -0.2) is 91.5 Å². The van der Waals surface area contributed by atoms with Crippen molar-refractivity contribution in [2.75, 3.05) is 54.2 Å². The van der Waals surface area contributed by atoms with E-state index in [1.807, 2.05) is 55.1 Å². The Bertz CT molecular complexity index is 2490. The molecule has 2 aliphatic rings. The number of hydroxylamine groups is 2. The van der Waals surface area contributed by atoms with Gasteiger partial charge in [0, 0.05) is 73.7 Å². The van der Waals surface area contributed by atoms with Crippen LogP contribution >= 0.6 is 11.8 Å². The Balaban J connectivity index is 0.000000180. The standard InChI is InChI=1S/C21H29N6O3S.C21H28N6S/c1-15(2)17-14-23-26-19(17)24-21(31(3,29)30)25-20(26)22-13-16-9-5-6-10-18(16)27(28)11-7-4-8-12-27;1-15(2)17-14-23-27-19(17)24-21(28-3)25-20(27)22-13-16-9-5-6-10-18(16)26-11-7-4-8-12-26/h5-6,9-10,14-15,28H,4,7-8,11-13H2,1-3H3,(H,22,24,25);5-6,9-10,14-15H,4,7-8,11-13H2,1-3H3,(H,22,24,25)/q+1;. The molecule has 314 valence electrons. The molecular formula is C42H57N12O3S2+. The Kier molecular flexibility index (Phi) is 13.0. The van der Waals surface area contributed by atoms with E-state index in [2.05, 4.69) is 83.8 Å². The second-order valence-corrected chi connectivity index (χ2v) is 18.7. The number of sulfone groups is 1. The number of nitrogens with zero attached hydrogens (tertiary/aromatic N) is 10. The molecule has 2 aromatic carbocycles. The summed E-state index contributed by atoms with van der Waals surface area (Å²) in [5.41, 5.74) is 7.76. The first kappa shape index (κ1) is 42.3. The number of hydrogen-bond donors (Lipinski definition) is 3. The van der Waals surface area contributed by atoms with Crippen LogP contribution in [0.3, 0.4) is 0 Å². The molecule has 0 unspecified atom stereocenters. The second-order valence-electron chi connectivity index (χ2n) is 16.1. The van der Waals surface area contributed by atoms with E-state index in [9.17, 15) is 13.6 Å². The predicted molar refractivity (Wildman–Crippen MR) is 235 cm³/mol. The molecule has 15 nitrogen and oxygen atoms in total. The Morgan fingerprint density at radius 3 is 1.88 bits per heavy atom. The van der Waals surface area contributed by atoms with Crippen LogP contribution in [0.15, 0.2) is 71.2 Å². The molecule has 4 aromatic heterocycles. The number of nitrogens with one attached hydrogen (secondary N) is 2. The third-order valence-corrected chi connectivity index (χ3v) is 12.5. The summed E-state index contributed by atoms with van der Waals surface area (Å²) in [5.74, 6) is 1.55. The molecule has 0 saturated carbocycles. The maximum Gasteiger partial charge on any atom is 0.252 e. The summed E-state index contributed by atoms with van der Waals surface area (Å²) in [6, 6.07) is 16.4. The number of quaternary nitrogens is 1. The topological polar surface area (TPSA) is 168 Å². The van der Waals surface area contributed by atoms with E-state index in [4.69, 9.17) is 0 Å². The van der Waals surface area contributed by atoms with Crippen LogP contribution in [0.4, 0.5) is 23.3 Å². The van der Waals surface area contributed by atoms with Gasteiger partial charge in [-0.1, -0.05) is 75.9 Å². The Morgan fingerprint density at radius 1 is 0.729 bits per heavy atom. The Morgan fingerprint density at radius 2 is 1.27 bits per heavy atom. The van der Waals surface area contributed by atoms with Crippen LogP contribution in [0.25, 0.3) is 11.3 Å². The lowest BCUT2D eigenvalue weighted by molar-refractivity contribution is -0.0928. The van der Waals surface area contributed by atoms with Crippen LogP contribution in [0.2, 0.25) is 0 Å². The fourth-order valence-corrected chi connectivity index (χ4v) is 8.71. The summed E-state index contributed by atoms with van der Waals surface area (Å²) >= 11 is 1.56. The van der Waals surface area contributed by atoms with E-state index in [1.165, 1.54) is 35.0 Å². The van der Waals surface area contributed by atoms with Crippen LogP contribution in [0, 0.1) is 0 Å². The largest absolute Gasteiger partial charge is 0.371 e. The number of rotatable bonds is 12. The molecule has 3 N–H and O–H groups in total. The van der Waals surface area contributed by atoms with Gasteiger partial charge in [0.25, 0.3) is 5.16 Å². The van der Waals surface area contributed by atoms with E-state index in [-0.39, 0.29) is 15.7 Å². The van der Waals surface area contributed by atoms with Crippen molar-refractivity contribution in [1.29, 1.82) is 0 Å². The molecule has 0 atom stereocenters. The number of thioether (sulfide) groups is 1. The van der Waals surface area contributed by atoms with Gasteiger partial charge in [0.1, 0.15) is 13.1 Å². The van der Waals surface area contributed by atoms with Gasteiger partial charge in [0.05, 0.1) is 12.4 Å². The highest BCUT2D eigenvalue weighted by atomic mass is 32.2. The molecule has 6 aromatic rings. The minimum absolute atomic E-state index is 0.0785. The number of benzene rings is 2. The number of piperidine rings is 2. The van der Waals surface area contributed by atoms with Crippen LogP contribution in [0.1, 0.15) is 100 Å². The molecule has 0 radical (unpaired) electrons. The zero-order chi connectivity index (χ0) is 41.7. The lowest BCUT2D eigenvalue weighted by atomic mass is 10.1. The highest BCUT2D eigenvalue weighted by Crippen LogP contribution is 2.31. The van der Waals surface area contributed by atoms with Gasteiger partial charge in [-0.15, -0.1) is 0 Å². The fourth-order valence-electron chi connectivity index (χ4n) is 7.85. The van der Waals surface area contributed by atoms with Gasteiger partial charge in [-0.05, 0) is 55.4 Å². The number of fused-ring (bicyclic) bond motifs is 2. The van der Waals surface area contributed by atoms with Crippen molar-refractivity contribution in [3.63, 3.8) is 0 Å². The van der Waals surface area contributed by atoms with Crippen molar-refractivity contribution < 1.29 is 13.6 Å². The van der Waals surface area contributed by atoms with Crippen molar-refractivity contribution in [1.82, 2.24) is 43.8 Å². The van der Waals surface area contributed by atoms with E-state index >= 15 is 0 Å². The number of aromatic nitrogens is 8. The summed E-state index contributed by atoms with van der Waals surface area (Å²) in [7, 11) is -3.60. The monoisotopic (exact) mass is 841 g/mol. The van der Waals surface area contributed by atoms with Crippen molar-refractivity contribution in [3.05, 3.63) is 83.2 Å². The average Bonchev–Trinajstić information content (AvgIpc) is 3.88. The minimum atomic E-state index is -3.60. The molecule has 0 amide bonds. The van der Waals surface area contributed by atoms with Gasteiger partial charge in [-0.25, -0.2) is 18.6 Å². The lowest BCUT2D eigenvalue weighted by Crippen LogP contribution is -2.50. The first-order chi connectivity index (χ1) is 28.4. The molecule has 6 heterocycles. The first-order valence-electron chi connectivity index (χ1n) is 20.6. The van der Waals surface area contributed by atoms with Gasteiger partial charge in [0.2, 0.25) is 21.7 Å². The third-order valence-electron chi connectivity index (χ3n) is 11.1. The smallest absolute Gasteiger partial charge is 0.252 e. The zero-order valence-corrected chi connectivity index (χ0v) is 36.6. The zero-order valence-electron chi connectivity index (χ0n) is 35.0. The Labute approximate surface area is 351 Å². The van der Waals surface area contributed by atoms with E-state index in [1.54, 1.807) is 18.0 Å². The second kappa shape index (κ2) is 18.2. The molecule has 2 fully saturated rings. The molecule has 0 bridgehead atoms. The van der Waals surface area contributed by atoms with Gasteiger partial charge in [-0.2, -0.15) is 38.8 Å². The quantitative estimate of drug-likeness (QED) is 0.0810. The van der Waals surface area contributed by atoms with Crippen LogP contribution in [-0.2, 0) is 22.9 Å². The molecule has 2 saturated heterocycles. The summed E-state index contributed by atoms with van der Waals surface area (Å²) in [5, 5.41) is 27.4.